The van der Waals surface area contributed by atoms with Gasteiger partial charge in [0.05, 0.1) is 135 Å². The highest BCUT2D eigenvalue weighted by molar-refractivity contribution is 8.77. The van der Waals surface area contributed by atoms with Crippen LogP contribution in [0.4, 0.5) is 27.8 Å². The van der Waals surface area contributed by atoms with E-state index < -0.39 is 193 Å². The van der Waals surface area contributed by atoms with Gasteiger partial charge in [-0.25, -0.2) is 24.5 Å². The summed E-state index contributed by atoms with van der Waals surface area (Å²) in [5, 5.41) is 81.8. The first-order valence-corrected chi connectivity index (χ1v) is 42.4. The Bertz CT molecular complexity index is 5110. The molecule has 4 aliphatic heterocycles. The summed E-state index contributed by atoms with van der Waals surface area (Å²) in [6, 6.07) is 5.18. The highest BCUT2D eigenvalue weighted by atomic mass is 33.1. The van der Waals surface area contributed by atoms with Crippen LogP contribution in [0.15, 0.2) is 88.8 Å². The van der Waals surface area contributed by atoms with Crippen LogP contribution in [0.25, 0.3) is 11.2 Å². The number of carboxylic acids is 5. The van der Waals surface area contributed by atoms with Gasteiger partial charge in [-0.3, -0.25) is 77.7 Å². The number of carbonyl (C=O) groups is 14. The van der Waals surface area contributed by atoms with Gasteiger partial charge in [-0.15, -0.1) is 0 Å². The Hall–Kier alpha value is -13.3. The topological polar surface area (TPSA) is 636 Å². The number of nitrogen functional groups attached to an aromatic ring is 1. The zero-order valence-corrected chi connectivity index (χ0v) is 70.9. The predicted molar refractivity (Wildman–Crippen MR) is 456 cm³/mol. The molecule has 126 heavy (non-hydrogen) atoms. The lowest BCUT2D eigenvalue weighted by Crippen LogP contribution is -2.51. The van der Waals surface area contributed by atoms with Gasteiger partial charge in [-0.2, -0.15) is 4.98 Å². The minimum atomic E-state index is -2.03. The number of aliphatic carboxylic acids is 5. The second-order valence-electron chi connectivity index (χ2n) is 30.7. The first-order valence-electron chi connectivity index (χ1n) is 40.0. The average Bonchev–Trinajstić information content (AvgIpc) is 1.60. The molecule has 3 aromatic carbocycles. The maximum absolute atomic E-state index is 14.6. The molecular formula is C82H100N16O26S2. The summed E-state index contributed by atoms with van der Waals surface area (Å²) in [5.74, 6) is -20.9. The normalized spacial score (nSPS) is 16.8. The van der Waals surface area contributed by atoms with Crippen LogP contribution < -0.4 is 67.5 Å². The smallest absolute Gasteiger partial charge is 0.416 e. The number of Topliss-reactive ketones (excluding diaryl/α,β-unsaturated/α-hetero) is 3. The fourth-order valence-corrected chi connectivity index (χ4v) is 17.3. The van der Waals surface area contributed by atoms with Gasteiger partial charge in [0.25, 0.3) is 23.3 Å². The van der Waals surface area contributed by atoms with E-state index in [-0.39, 0.29) is 128 Å². The van der Waals surface area contributed by atoms with Gasteiger partial charge in [0.2, 0.25) is 17.8 Å². The molecule has 4 aliphatic rings. The summed E-state index contributed by atoms with van der Waals surface area (Å²) in [7, 11) is 4.84. The van der Waals surface area contributed by atoms with Crippen molar-refractivity contribution in [1.29, 1.82) is 5.41 Å². The van der Waals surface area contributed by atoms with Crippen LogP contribution in [0.1, 0.15) is 147 Å². The average molecular weight is 1790 g/mol. The Morgan fingerprint density at radius 2 is 1.29 bits per heavy atom. The van der Waals surface area contributed by atoms with E-state index in [1.165, 1.54) is 61.7 Å². The highest BCUT2D eigenvalue weighted by Gasteiger charge is 2.47. The van der Waals surface area contributed by atoms with E-state index in [2.05, 4.69) is 64.7 Å². The first kappa shape index (κ1) is 96.6. The number of aromatic amines is 1. The number of nitrogens with two attached hydrogens (primary N) is 2. The van der Waals surface area contributed by atoms with Crippen LogP contribution in [-0.2, 0) is 59.2 Å². The molecule has 0 aliphatic carbocycles. The summed E-state index contributed by atoms with van der Waals surface area (Å²) < 4.78 is 29.6. The number of rotatable bonds is 49. The number of unbranched alkanes of at least 4 members (excludes halogenated alkanes) is 2. The number of aromatic nitrogens is 4. The molecule has 0 unspecified atom stereocenters. The quantitative estimate of drug-likeness (QED) is 0.00830. The molecule has 6 amide bonds. The van der Waals surface area contributed by atoms with Crippen LogP contribution in [0, 0.1) is 29.1 Å². The summed E-state index contributed by atoms with van der Waals surface area (Å²) in [5.41, 5.74) is 13.5. The van der Waals surface area contributed by atoms with Crippen LogP contribution in [0.3, 0.4) is 0 Å². The van der Waals surface area contributed by atoms with Crippen molar-refractivity contribution in [2.24, 2.45) is 34.4 Å². The third-order valence-corrected chi connectivity index (χ3v) is 24.1. The molecule has 44 heteroatoms. The number of carboxylic acid groups (broad SMARTS) is 5. The Morgan fingerprint density at radius 3 is 1.91 bits per heavy atom. The fraction of sp³-hybridized carbons (Fsp3) is 0.463. The fourth-order valence-electron chi connectivity index (χ4n) is 14.2. The summed E-state index contributed by atoms with van der Waals surface area (Å²) >= 11 is 0. The molecule has 42 nitrogen and oxygen atoms in total. The number of ketones is 3. The molecule has 9 rings (SSSR count). The van der Waals surface area contributed by atoms with Gasteiger partial charge in [-0.05, 0) is 93.7 Å². The minimum Gasteiger partial charge on any atom is -0.493 e. The Balaban J connectivity index is 0.784. The van der Waals surface area contributed by atoms with Crippen molar-refractivity contribution < 1.29 is 121 Å². The maximum atomic E-state index is 14.6. The molecule has 0 spiro atoms. The molecule has 2 saturated heterocycles. The number of carbonyl (C=O) groups excluding carboxylic acids is 9. The number of anilines is 3. The van der Waals surface area contributed by atoms with Crippen LogP contribution >= 0.6 is 21.6 Å². The molecule has 0 radical (unpaired) electrons. The standard InChI is InChI=1S/C82H100N16O26S2/c1-40(2)65(38-124-82(119)98-57-32-64(62(121-6)29-52(57)76(113)97-37-42(4)22-58(97)77(98)114)123-20-9-7-8-19-122-63-30-55-51(28-61(63)120-5)75(112)96-36-41(3)21-49(96)35-88-55)126-125-39-46(78(115)116)25-60(101)56(31-68(106)107)93-73(110)45(27-67(104)105)24-59(100)53(11-10-18-86-80(83)84)91-72(109)44(26-66(102)103)23-50(99)16-17-54(79(117)118)92-71(108)43-12-14-47(15-13-43)87-33-48-34-89-70-69(90-48)74(111)95-81(85)94-70/h12-15,28-30,32,34-35,40,44-46,49,53-54,56,58,65,77,87,114H,3-4,7-11,16-27,31,33,36-39H2,1-2,5-6H3,(H,91,109)(H,92,108)(H,93,110)(H,102,103)(H,104,105)(H,106,107)(H,115,116)(H,117,118)(H4,83,84,86)(H3,85,89,94,95,111)/t44-,45-,46-,49-,53-,54-,56-,58-,65+,77-/m0/s1. The summed E-state index contributed by atoms with van der Waals surface area (Å²) in [6.45, 7) is 12.1. The molecule has 2 aromatic heterocycles. The van der Waals surface area contributed by atoms with E-state index in [0.717, 1.165) is 32.1 Å². The number of nitrogens with zero attached hydrogens (tertiary/aromatic N) is 7. The Labute approximate surface area is 728 Å². The number of benzene rings is 3. The molecule has 676 valence electrons. The van der Waals surface area contributed by atoms with E-state index in [4.69, 9.17) is 40.6 Å². The highest BCUT2D eigenvalue weighted by Crippen LogP contribution is 2.44. The number of aliphatic hydroxyl groups is 1. The number of H-pyrrole nitrogens is 1. The number of nitrogens with one attached hydrogen (secondary N) is 7. The zero-order valence-electron chi connectivity index (χ0n) is 69.3. The van der Waals surface area contributed by atoms with Crippen molar-refractivity contribution in [2.75, 3.05) is 75.4 Å². The second-order valence-corrected chi connectivity index (χ2v) is 33.4. The Morgan fingerprint density at radius 1 is 0.683 bits per heavy atom. The van der Waals surface area contributed by atoms with Crippen LogP contribution in [-0.4, -0.2) is 256 Å². The molecule has 6 heterocycles. The van der Waals surface area contributed by atoms with Gasteiger partial charge in [0.15, 0.2) is 57.9 Å². The second kappa shape index (κ2) is 44.9. The van der Waals surface area contributed by atoms with Crippen molar-refractivity contribution in [3.8, 4) is 23.0 Å². The van der Waals surface area contributed by atoms with Crippen molar-refractivity contribution in [3.63, 3.8) is 0 Å². The number of ether oxygens (including phenoxy) is 5. The monoisotopic (exact) mass is 1790 g/mol. The molecule has 0 bridgehead atoms. The number of aliphatic hydroxyl groups excluding tert-OH is 1. The SMILES string of the molecule is C=C1C[C@H]2C=Nc3cc(OCCCCCOc4cc5c(cc4OC)C(=O)N4CC(=C)C[C@H]4[C@H](O)N5C(=O)OC[C@@H](SSC[C@H](CC(=O)[C@H](CC(=O)O)NC(=O)[C@H](CC(=O)O)CC(=O)[C@H](CCCNC(=N)N)NC(=O)[C@H](CC(=O)O)CC(=O)CC[C@H](NC(=O)c4ccc(NCc5cnc6nc(N)[nH]c(=O)c6n5)cc4)C(=O)O)C(=O)O)C(C)C)c(OC)cc3C(=O)N2C1. The number of amides is 6. The molecule has 5 aromatic rings. The van der Waals surface area contributed by atoms with Crippen LogP contribution in [0.5, 0.6) is 23.0 Å². The van der Waals surface area contributed by atoms with Gasteiger partial charge >= 0.3 is 35.9 Å². The van der Waals surface area contributed by atoms with Gasteiger partial charge in [0.1, 0.15) is 18.4 Å². The zero-order chi connectivity index (χ0) is 91.9. The van der Waals surface area contributed by atoms with Crippen LogP contribution in [0.2, 0.25) is 0 Å². The van der Waals surface area contributed by atoms with Crippen molar-refractivity contribution in [1.82, 2.24) is 51.0 Å². The van der Waals surface area contributed by atoms with Gasteiger partial charge in [-0.1, -0.05) is 59.7 Å². The lowest BCUT2D eigenvalue weighted by Gasteiger charge is -2.32. The third-order valence-electron chi connectivity index (χ3n) is 21.0. The number of aliphatic imine (C=N–C) groups is 1. The van der Waals surface area contributed by atoms with E-state index in [1.807, 2.05) is 0 Å². The third kappa shape index (κ3) is 26.4. The van der Waals surface area contributed by atoms with Crippen molar-refractivity contribution in [2.45, 2.75) is 158 Å². The minimum absolute atomic E-state index is 0.00714. The number of fused-ring (bicyclic) bond motifs is 5. The van der Waals surface area contributed by atoms with E-state index in [9.17, 15) is 103 Å². The van der Waals surface area contributed by atoms with E-state index in [0.29, 0.717) is 71.9 Å². The van der Waals surface area contributed by atoms with Crippen molar-refractivity contribution in [3.05, 3.63) is 112 Å². The lowest BCUT2D eigenvalue weighted by molar-refractivity contribution is -0.145. The van der Waals surface area contributed by atoms with E-state index in [1.54, 1.807) is 37.1 Å². The van der Waals surface area contributed by atoms with Crippen molar-refractivity contribution >= 4 is 151 Å². The Kier molecular flexibility index (Phi) is 34.4. The predicted octanol–water partition coefficient (Wildman–Crippen LogP) is 4.62. The summed E-state index contributed by atoms with van der Waals surface area (Å²) in [4.78, 5) is 224. The summed E-state index contributed by atoms with van der Waals surface area (Å²) in [6.07, 6.45) is -5.07. The molecule has 17 N–H and O–H groups in total. The maximum Gasteiger partial charge on any atom is 0.416 e. The van der Waals surface area contributed by atoms with E-state index >= 15 is 0 Å². The number of methoxy groups -OCH3 is 2. The largest absolute Gasteiger partial charge is 0.493 e. The molecule has 2 fully saturated rings. The first-order chi connectivity index (χ1) is 59.9. The number of hydrogen-bond donors (Lipinski definition) is 15. The number of hydrogen-bond acceptors (Lipinski definition) is 30. The lowest BCUT2D eigenvalue weighted by atomic mass is 9.90. The molecule has 10 atom stereocenters. The molecular weight excluding hydrogens is 1690 g/mol. The number of guanidine groups is 1. The van der Waals surface area contributed by atoms with Gasteiger partial charge < -0.3 is 102 Å². The van der Waals surface area contributed by atoms with Gasteiger partial charge in [0, 0.05) is 80.7 Å². The molecule has 0 saturated carbocycles.